The van der Waals surface area contributed by atoms with Crippen LogP contribution in [0.5, 0.6) is 0 Å². The van der Waals surface area contributed by atoms with Crippen LogP contribution in [0.25, 0.3) is 0 Å². The average molecular weight is 227 g/mol. The van der Waals surface area contributed by atoms with Gasteiger partial charge >= 0.3 is 0 Å². The van der Waals surface area contributed by atoms with Gasteiger partial charge in [0.1, 0.15) is 5.82 Å². The summed E-state index contributed by atoms with van der Waals surface area (Å²) in [6.45, 7) is 5.31. The van der Waals surface area contributed by atoms with Crippen molar-refractivity contribution in [3.05, 3.63) is 35.5 Å². The lowest BCUT2D eigenvalue weighted by molar-refractivity contribution is 0.0493. The number of allylic oxidation sites excluding steroid dienone is 1. The summed E-state index contributed by atoms with van der Waals surface area (Å²) in [7, 11) is 0. The van der Waals surface area contributed by atoms with Gasteiger partial charge in [-0.25, -0.2) is 4.98 Å². The molecule has 0 spiro atoms. The van der Waals surface area contributed by atoms with E-state index in [1.165, 1.54) is 6.20 Å². The van der Waals surface area contributed by atoms with Crippen LogP contribution in [0.1, 0.15) is 25.3 Å². The minimum atomic E-state index is -1.02. The summed E-state index contributed by atoms with van der Waals surface area (Å²) in [5.74, 6) is 0.313. The number of rotatable bonds is 4. The van der Waals surface area contributed by atoms with E-state index in [0.29, 0.717) is 29.2 Å². The van der Waals surface area contributed by atoms with E-state index in [0.717, 1.165) is 0 Å². The van der Waals surface area contributed by atoms with Gasteiger partial charge in [-0.15, -0.1) is 6.58 Å². The monoisotopic (exact) mass is 226 g/mol. The lowest BCUT2D eigenvalue weighted by atomic mass is 9.91. The van der Waals surface area contributed by atoms with E-state index < -0.39 is 5.60 Å². The highest BCUT2D eigenvalue weighted by Gasteiger charge is 2.25. The van der Waals surface area contributed by atoms with Crippen molar-refractivity contribution < 1.29 is 5.11 Å². The van der Waals surface area contributed by atoms with Gasteiger partial charge in [-0.05, 0) is 25.8 Å². The highest BCUT2D eigenvalue weighted by molar-refractivity contribution is 6.30. The molecule has 3 nitrogen and oxygen atoms in total. The number of aromatic nitrogens is 1. The highest BCUT2D eigenvalue weighted by atomic mass is 35.5. The summed E-state index contributed by atoms with van der Waals surface area (Å²) >= 11 is 5.81. The van der Waals surface area contributed by atoms with E-state index in [1.54, 1.807) is 19.1 Å². The molecular weight excluding hydrogens is 212 g/mol. The second-order valence-corrected chi connectivity index (χ2v) is 4.12. The Morgan fingerprint density at radius 3 is 3.00 bits per heavy atom. The molecule has 0 saturated heterocycles. The standard InChI is InChI=1S/C11H15ClN2O/c1-3-4-5-11(2,15)9-6-8(12)7-14-10(9)13/h3,6-7,15H,1,4-5H2,2H3,(H2,13,14). The Bertz CT molecular complexity index is 364. The Morgan fingerprint density at radius 2 is 2.40 bits per heavy atom. The summed E-state index contributed by atoms with van der Waals surface area (Å²) in [4.78, 5) is 3.91. The molecule has 1 heterocycles. The predicted molar refractivity (Wildman–Crippen MR) is 62.7 cm³/mol. The van der Waals surface area contributed by atoms with Crippen LogP contribution in [-0.4, -0.2) is 10.1 Å². The van der Waals surface area contributed by atoms with E-state index in [2.05, 4.69) is 11.6 Å². The van der Waals surface area contributed by atoms with Crippen LogP contribution in [0.4, 0.5) is 5.82 Å². The van der Waals surface area contributed by atoms with Crippen molar-refractivity contribution in [2.24, 2.45) is 0 Å². The molecule has 0 aliphatic heterocycles. The van der Waals surface area contributed by atoms with Gasteiger partial charge in [-0.2, -0.15) is 0 Å². The number of anilines is 1. The van der Waals surface area contributed by atoms with E-state index >= 15 is 0 Å². The lowest BCUT2D eigenvalue weighted by Gasteiger charge is -2.24. The van der Waals surface area contributed by atoms with Crippen LogP contribution in [0.15, 0.2) is 24.9 Å². The van der Waals surface area contributed by atoms with Gasteiger partial charge in [-0.1, -0.05) is 17.7 Å². The molecule has 0 bridgehead atoms. The average Bonchev–Trinajstić information content (AvgIpc) is 2.18. The summed E-state index contributed by atoms with van der Waals surface area (Å²) in [6, 6.07) is 1.65. The SMILES string of the molecule is C=CCCC(C)(O)c1cc(Cl)cnc1N. The van der Waals surface area contributed by atoms with E-state index in [-0.39, 0.29) is 0 Å². The molecule has 0 aliphatic rings. The normalized spacial score (nSPS) is 14.6. The first-order chi connectivity index (χ1) is 6.97. The molecule has 0 aliphatic carbocycles. The molecule has 1 aromatic rings. The maximum absolute atomic E-state index is 10.2. The van der Waals surface area contributed by atoms with Gasteiger partial charge in [0.15, 0.2) is 0 Å². The number of pyridine rings is 1. The largest absolute Gasteiger partial charge is 0.385 e. The highest BCUT2D eigenvalue weighted by Crippen LogP contribution is 2.31. The zero-order chi connectivity index (χ0) is 11.5. The van der Waals surface area contributed by atoms with E-state index in [9.17, 15) is 5.11 Å². The first-order valence-electron chi connectivity index (χ1n) is 4.72. The van der Waals surface area contributed by atoms with Gasteiger partial charge in [0.2, 0.25) is 0 Å². The number of hydrogen-bond donors (Lipinski definition) is 2. The second kappa shape index (κ2) is 4.64. The summed E-state index contributed by atoms with van der Waals surface area (Å²) in [5, 5.41) is 10.7. The van der Waals surface area contributed by atoms with Gasteiger partial charge in [-0.3, -0.25) is 0 Å². The molecule has 1 rings (SSSR count). The van der Waals surface area contributed by atoms with Crippen LogP contribution in [-0.2, 0) is 5.60 Å². The van der Waals surface area contributed by atoms with Crippen molar-refractivity contribution in [2.45, 2.75) is 25.4 Å². The third-order valence-corrected chi connectivity index (χ3v) is 2.51. The van der Waals surface area contributed by atoms with E-state index in [1.807, 2.05) is 0 Å². The predicted octanol–water partition coefficient (Wildman–Crippen LogP) is 2.49. The Balaban J connectivity index is 3.02. The summed E-state index contributed by atoms with van der Waals surface area (Å²) in [5.41, 5.74) is 5.24. The molecule has 4 heteroatoms. The number of nitrogens with zero attached hydrogens (tertiary/aromatic N) is 1. The Labute approximate surface area is 94.6 Å². The van der Waals surface area contributed by atoms with Crippen molar-refractivity contribution in [1.29, 1.82) is 0 Å². The topological polar surface area (TPSA) is 59.1 Å². The Hall–Kier alpha value is -1.06. The quantitative estimate of drug-likeness (QED) is 0.776. The second-order valence-electron chi connectivity index (χ2n) is 3.69. The van der Waals surface area contributed by atoms with Crippen LogP contribution < -0.4 is 5.73 Å². The fourth-order valence-electron chi connectivity index (χ4n) is 1.40. The molecule has 0 radical (unpaired) electrons. The molecular formula is C11H15ClN2O. The van der Waals surface area contributed by atoms with Crippen molar-refractivity contribution in [3.8, 4) is 0 Å². The molecule has 0 saturated carbocycles. The molecule has 0 fully saturated rings. The van der Waals surface area contributed by atoms with Crippen LogP contribution >= 0.6 is 11.6 Å². The molecule has 1 unspecified atom stereocenters. The molecule has 1 aromatic heterocycles. The first kappa shape index (κ1) is 12.0. The first-order valence-corrected chi connectivity index (χ1v) is 5.10. The number of nitrogens with two attached hydrogens (primary N) is 1. The molecule has 3 N–H and O–H groups in total. The number of aliphatic hydroxyl groups is 1. The van der Waals surface area contributed by atoms with Crippen molar-refractivity contribution in [2.75, 3.05) is 5.73 Å². The maximum atomic E-state index is 10.2. The minimum Gasteiger partial charge on any atom is -0.385 e. The van der Waals surface area contributed by atoms with Crippen LogP contribution in [0.2, 0.25) is 5.02 Å². The van der Waals surface area contributed by atoms with Crippen molar-refractivity contribution in [1.82, 2.24) is 4.98 Å². The van der Waals surface area contributed by atoms with Crippen molar-refractivity contribution >= 4 is 17.4 Å². The van der Waals surface area contributed by atoms with Gasteiger partial charge in [0.25, 0.3) is 0 Å². The minimum absolute atomic E-state index is 0.313. The summed E-state index contributed by atoms with van der Waals surface area (Å²) in [6.07, 6.45) is 4.47. The van der Waals surface area contributed by atoms with Gasteiger partial charge in [0.05, 0.1) is 10.6 Å². The van der Waals surface area contributed by atoms with E-state index in [4.69, 9.17) is 17.3 Å². The fourth-order valence-corrected chi connectivity index (χ4v) is 1.56. The smallest absolute Gasteiger partial charge is 0.129 e. The van der Waals surface area contributed by atoms with Crippen LogP contribution in [0, 0.1) is 0 Å². The fraction of sp³-hybridized carbons (Fsp3) is 0.364. The molecule has 15 heavy (non-hydrogen) atoms. The zero-order valence-corrected chi connectivity index (χ0v) is 9.46. The van der Waals surface area contributed by atoms with Gasteiger partial charge in [0, 0.05) is 11.8 Å². The zero-order valence-electron chi connectivity index (χ0n) is 8.70. The molecule has 0 aromatic carbocycles. The summed E-state index contributed by atoms with van der Waals surface area (Å²) < 4.78 is 0. The number of hydrogen-bond acceptors (Lipinski definition) is 3. The Kier molecular flexibility index (Phi) is 3.72. The molecule has 0 amide bonds. The van der Waals surface area contributed by atoms with Crippen LogP contribution in [0.3, 0.4) is 0 Å². The Morgan fingerprint density at radius 1 is 1.73 bits per heavy atom. The molecule has 82 valence electrons. The molecule has 1 atom stereocenters. The number of nitrogen functional groups attached to an aromatic ring is 1. The van der Waals surface area contributed by atoms with Gasteiger partial charge < -0.3 is 10.8 Å². The third-order valence-electron chi connectivity index (χ3n) is 2.30. The van der Waals surface area contributed by atoms with Crippen molar-refractivity contribution in [3.63, 3.8) is 0 Å². The maximum Gasteiger partial charge on any atom is 0.129 e. The number of halogens is 1. The third kappa shape index (κ3) is 2.94. The lowest BCUT2D eigenvalue weighted by Crippen LogP contribution is -2.23.